The summed E-state index contributed by atoms with van der Waals surface area (Å²) in [5.41, 5.74) is -0.599. The Morgan fingerprint density at radius 2 is 1.55 bits per heavy atom. The Morgan fingerprint density at radius 1 is 0.974 bits per heavy atom. The van der Waals surface area contributed by atoms with Crippen LogP contribution in [-0.4, -0.2) is 27.9 Å². The summed E-state index contributed by atoms with van der Waals surface area (Å²) in [6, 6.07) is 2.18. The van der Waals surface area contributed by atoms with Gasteiger partial charge in [-0.1, -0.05) is 25.4 Å². The van der Waals surface area contributed by atoms with Gasteiger partial charge in [0.15, 0.2) is 50.6 Å². The van der Waals surface area contributed by atoms with Crippen molar-refractivity contribution in [2.24, 2.45) is 0 Å². The molecule has 0 spiro atoms. The summed E-state index contributed by atoms with van der Waals surface area (Å²) in [6.45, 7) is 5.14. The predicted molar refractivity (Wildman–Crippen MR) is 124 cm³/mol. The van der Waals surface area contributed by atoms with E-state index in [1.165, 1.54) is 10.9 Å². The Hall–Kier alpha value is -3.72. The number of aromatic nitrogens is 4. The van der Waals surface area contributed by atoms with E-state index < -0.39 is 77.5 Å². The van der Waals surface area contributed by atoms with Crippen molar-refractivity contribution in [1.29, 1.82) is 0 Å². The molecule has 0 aliphatic heterocycles. The monoisotopic (exact) mass is 577 g/mol. The highest BCUT2D eigenvalue weighted by atomic mass is 35.5. The van der Waals surface area contributed by atoms with Crippen molar-refractivity contribution in [2.45, 2.75) is 31.6 Å². The van der Waals surface area contributed by atoms with E-state index in [0.29, 0.717) is 17.3 Å². The molecule has 0 saturated heterocycles. The molecular weight excluding hydrogens is 564 g/mol. The van der Waals surface area contributed by atoms with E-state index in [-0.39, 0.29) is 11.6 Å². The van der Waals surface area contributed by atoms with Crippen molar-refractivity contribution in [2.75, 3.05) is 4.72 Å². The van der Waals surface area contributed by atoms with Crippen LogP contribution in [0, 0.1) is 41.8 Å². The molecule has 8 nitrogen and oxygen atoms in total. The van der Waals surface area contributed by atoms with Crippen molar-refractivity contribution in [3.8, 4) is 5.69 Å². The molecule has 0 bridgehead atoms. The van der Waals surface area contributed by atoms with Gasteiger partial charge in [0.25, 0.3) is 10.0 Å². The Bertz CT molecular complexity index is 1790. The first-order valence-corrected chi connectivity index (χ1v) is 12.3. The molecule has 1 aromatic carbocycles. The zero-order chi connectivity index (χ0) is 28.3. The predicted octanol–water partition coefficient (Wildman–Crippen LogP) is 4.90. The topological polar surface area (TPSA) is 107 Å². The second-order valence-electron chi connectivity index (χ2n) is 8.23. The van der Waals surface area contributed by atoms with Crippen LogP contribution >= 0.6 is 11.6 Å². The van der Waals surface area contributed by atoms with Crippen LogP contribution in [-0.2, 0) is 10.0 Å². The summed E-state index contributed by atoms with van der Waals surface area (Å²) < 4.78 is 112. The van der Waals surface area contributed by atoms with E-state index >= 15 is 0 Å². The second-order valence-corrected chi connectivity index (χ2v) is 10.2. The van der Waals surface area contributed by atoms with Crippen molar-refractivity contribution in [1.82, 2.24) is 19.5 Å². The molecule has 0 aliphatic rings. The van der Waals surface area contributed by atoms with Gasteiger partial charge in [0.2, 0.25) is 5.82 Å². The Labute approximate surface area is 215 Å². The first-order chi connectivity index (χ1) is 17.7. The fraction of sp³-hybridized carbons (Fsp3) is 0.182. The molecule has 3 heterocycles. The highest BCUT2D eigenvalue weighted by molar-refractivity contribution is 7.92. The SMILES string of the molecule is Cc1ccnc(C(C)C)c1-n1c(=O)nc(NS(=O)(=O)c2c(F)c(F)c(F)c(F)c2F)c2cc(F)c(Cl)nc21. The number of fused-ring (bicyclic) bond motifs is 1. The van der Waals surface area contributed by atoms with Crippen LogP contribution in [0.2, 0.25) is 5.15 Å². The molecule has 0 amide bonds. The zero-order valence-electron chi connectivity index (χ0n) is 19.4. The number of aryl methyl sites for hydroxylation is 1. The van der Waals surface area contributed by atoms with Gasteiger partial charge < -0.3 is 0 Å². The molecule has 4 aromatic rings. The summed E-state index contributed by atoms with van der Waals surface area (Å²) in [5.74, 6) is -15.4. The van der Waals surface area contributed by atoms with Crippen LogP contribution in [0.15, 0.2) is 28.0 Å². The minimum absolute atomic E-state index is 0.175. The van der Waals surface area contributed by atoms with E-state index in [1.807, 2.05) is 0 Å². The minimum Gasteiger partial charge on any atom is -0.262 e. The maximum atomic E-state index is 14.4. The maximum absolute atomic E-state index is 14.4. The van der Waals surface area contributed by atoms with Crippen molar-refractivity contribution >= 4 is 38.5 Å². The molecule has 0 atom stereocenters. The van der Waals surface area contributed by atoms with Gasteiger partial charge in [-0.3, -0.25) is 9.71 Å². The number of sulfonamides is 1. The summed E-state index contributed by atoms with van der Waals surface area (Å²) in [7, 11) is -5.63. The third kappa shape index (κ3) is 4.34. The minimum atomic E-state index is -5.63. The van der Waals surface area contributed by atoms with Crippen LogP contribution in [0.1, 0.15) is 31.0 Å². The number of nitrogens with one attached hydrogen (secondary N) is 1. The van der Waals surface area contributed by atoms with Crippen LogP contribution in [0.25, 0.3) is 16.7 Å². The van der Waals surface area contributed by atoms with Gasteiger partial charge in [-0.15, -0.1) is 0 Å². The molecule has 200 valence electrons. The normalized spacial score (nSPS) is 12.0. The summed E-state index contributed by atoms with van der Waals surface area (Å²) in [5, 5.41) is -1.25. The summed E-state index contributed by atoms with van der Waals surface area (Å²) >= 11 is 5.82. The first kappa shape index (κ1) is 27.3. The molecule has 0 unspecified atom stereocenters. The maximum Gasteiger partial charge on any atom is 0.355 e. The average Bonchev–Trinajstić information content (AvgIpc) is 2.83. The Balaban J connectivity index is 2.05. The van der Waals surface area contributed by atoms with Gasteiger partial charge in [0, 0.05) is 6.20 Å². The Morgan fingerprint density at radius 3 is 2.13 bits per heavy atom. The largest absolute Gasteiger partial charge is 0.355 e. The molecule has 16 heteroatoms. The number of nitrogens with zero attached hydrogens (tertiary/aromatic N) is 4. The van der Waals surface area contributed by atoms with E-state index in [0.717, 1.165) is 4.57 Å². The van der Waals surface area contributed by atoms with Crippen molar-refractivity contribution in [3.63, 3.8) is 0 Å². The Kier molecular flexibility index (Phi) is 6.86. The smallest absolute Gasteiger partial charge is 0.262 e. The fourth-order valence-corrected chi connectivity index (χ4v) is 4.96. The van der Waals surface area contributed by atoms with E-state index in [2.05, 4.69) is 15.0 Å². The molecule has 1 N–H and O–H groups in total. The summed E-state index contributed by atoms with van der Waals surface area (Å²) in [6.07, 6.45) is 1.47. The van der Waals surface area contributed by atoms with Gasteiger partial charge >= 0.3 is 5.69 Å². The lowest BCUT2D eigenvalue weighted by Crippen LogP contribution is -2.28. The number of rotatable bonds is 5. The fourth-order valence-electron chi connectivity index (χ4n) is 3.66. The number of pyridine rings is 2. The van der Waals surface area contributed by atoms with Crippen LogP contribution in [0.3, 0.4) is 0 Å². The van der Waals surface area contributed by atoms with E-state index in [9.17, 15) is 39.6 Å². The third-order valence-electron chi connectivity index (χ3n) is 5.37. The van der Waals surface area contributed by atoms with Crippen molar-refractivity contribution in [3.05, 3.63) is 80.1 Å². The molecule has 38 heavy (non-hydrogen) atoms. The summed E-state index contributed by atoms with van der Waals surface area (Å²) in [4.78, 5) is 22.6. The number of benzene rings is 1. The van der Waals surface area contributed by atoms with Crippen LogP contribution in [0.4, 0.5) is 32.2 Å². The number of hydrogen-bond acceptors (Lipinski definition) is 6. The molecule has 4 rings (SSSR count). The first-order valence-electron chi connectivity index (χ1n) is 10.5. The quantitative estimate of drug-likeness (QED) is 0.157. The van der Waals surface area contributed by atoms with Gasteiger partial charge in [0.05, 0.1) is 16.8 Å². The molecule has 0 saturated carbocycles. The number of hydrogen-bond donors (Lipinski definition) is 1. The lowest BCUT2D eigenvalue weighted by Gasteiger charge is -2.19. The van der Waals surface area contributed by atoms with E-state index in [4.69, 9.17) is 11.6 Å². The van der Waals surface area contributed by atoms with Gasteiger partial charge in [0.1, 0.15) is 0 Å². The molecule has 0 aliphatic carbocycles. The highest BCUT2D eigenvalue weighted by Crippen LogP contribution is 2.32. The van der Waals surface area contributed by atoms with E-state index in [1.54, 1.807) is 26.8 Å². The van der Waals surface area contributed by atoms with Crippen molar-refractivity contribution < 1.29 is 34.8 Å². The zero-order valence-corrected chi connectivity index (χ0v) is 20.9. The number of halogens is 7. The highest BCUT2D eigenvalue weighted by Gasteiger charge is 2.34. The lowest BCUT2D eigenvalue weighted by molar-refractivity contribution is 0.358. The van der Waals surface area contributed by atoms with Gasteiger partial charge in [-0.2, -0.15) is 4.98 Å². The molecule has 3 aromatic heterocycles. The molecular formula is C22H14ClF6N5O3S. The lowest BCUT2D eigenvalue weighted by atomic mass is 10.0. The second kappa shape index (κ2) is 9.54. The van der Waals surface area contributed by atoms with Gasteiger partial charge in [-0.25, -0.2) is 49.1 Å². The van der Waals surface area contributed by atoms with Crippen LogP contribution in [0.5, 0.6) is 0 Å². The standard InChI is InChI=1S/C22H14ClF6N5O3S/c1-7(2)16-17(8(3)4-5-30-16)34-21-9(6-10(24)19(23)31-21)20(32-22(34)35)33-38(36,37)18-14(28)12(26)11(25)13(27)15(18)29/h4-7H,1-3H3,(H,32,33,35). The van der Waals surface area contributed by atoms with Gasteiger partial charge in [-0.05, 0) is 30.5 Å². The molecule has 0 fully saturated rings. The number of anilines is 1. The van der Waals surface area contributed by atoms with Crippen LogP contribution < -0.4 is 10.4 Å². The average molecular weight is 578 g/mol. The third-order valence-corrected chi connectivity index (χ3v) is 7.00. The molecule has 0 radical (unpaired) electrons.